The van der Waals surface area contributed by atoms with Crippen LogP contribution in [0.2, 0.25) is 0 Å². The van der Waals surface area contributed by atoms with E-state index in [9.17, 15) is 4.79 Å². The summed E-state index contributed by atoms with van der Waals surface area (Å²) in [6.07, 6.45) is 5.07. The van der Waals surface area contributed by atoms with Crippen LogP contribution >= 0.6 is 0 Å². The highest BCUT2D eigenvalue weighted by Crippen LogP contribution is 2.28. The van der Waals surface area contributed by atoms with Crippen molar-refractivity contribution in [1.82, 2.24) is 9.97 Å². The van der Waals surface area contributed by atoms with Crippen molar-refractivity contribution in [3.8, 4) is 5.75 Å². The number of carbonyl (C=O) groups is 1. The molecular weight excluding hydrogens is 366 g/mol. The summed E-state index contributed by atoms with van der Waals surface area (Å²) in [5, 5.41) is 3.66. The van der Waals surface area contributed by atoms with Gasteiger partial charge in [0.2, 0.25) is 0 Å². The van der Waals surface area contributed by atoms with Gasteiger partial charge < -0.3 is 14.8 Å². The number of ether oxygens (including phenoxy) is 2. The predicted octanol–water partition coefficient (Wildman–Crippen LogP) is 4.86. The van der Waals surface area contributed by atoms with Gasteiger partial charge in [-0.05, 0) is 44.4 Å². The lowest BCUT2D eigenvalue weighted by Crippen LogP contribution is -2.22. The number of anilines is 1. The van der Waals surface area contributed by atoms with Gasteiger partial charge in [-0.2, -0.15) is 0 Å². The van der Waals surface area contributed by atoms with Gasteiger partial charge in [0, 0.05) is 23.7 Å². The zero-order valence-electron chi connectivity index (χ0n) is 18.5. The number of benzene rings is 1. The molecule has 0 aliphatic heterocycles. The first-order valence-corrected chi connectivity index (χ1v) is 10.3. The molecule has 6 heteroatoms. The van der Waals surface area contributed by atoms with E-state index >= 15 is 0 Å². The lowest BCUT2D eigenvalue weighted by atomic mass is 10.0. The Morgan fingerprint density at radius 1 is 1.10 bits per heavy atom. The summed E-state index contributed by atoms with van der Waals surface area (Å²) in [5.41, 5.74) is 3.44. The van der Waals surface area contributed by atoms with Crippen molar-refractivity contribution in [3.63, 3.8) is 0 Å². The molecule has 0 bridgehead atoms. The molecule has 0 aliphatic rings. The second kappa shape index (κ2) is 10.8. The standard InChI is InChI=1S/C23H33N3O3/c1-7-9-19(10-8-2)26-22-20(15(3)24-16(4)25-22)13-17-11-12-18(23(27)29-6)14-21(17)28-5/h11-12,14,19H,7-10,13H2,1-6H3,(H,24,25,26). The van der Waals surface area contributed by atoms with Crippen LogP contribution < -0.4 is 10.1 Å². The number of nitrogens with one attached hydrogen (secondary N) is 1. The van der Waals surface area contributed by atoms with Crippen LogP contribution in [0.3, 0.4) is 0 Å². The van der Waals surface area contributed by atoms with E-state index in [0.717, 1.165) is 54.1 Å². The average molecular weight is 400 g/mol. The lowest BCUT2D eigenvalue weighted by Gasteiger charge is -2.22. The summed E-state index contributed by atoms with van der Waals surface area (Å²) in [4.78, 5) is 21.1. The fourth-order valence-corrected chi connectivity index (χ4v) is 3.57. The fraction of sp³-hybridized carbons (Fsp3) is 0.522. The number of nitrogens with zero attached hydrogens (tertiary/aromatic N) is 2. The maximum Gasteiger partial charge on any atom is 0.337 e. The largest absolute Gasteiger partial charge is 0.496 e. The molecule has 6 nitrogen and oxygen atoms in total. The minimum atomic E-state index is -0.381. The summed E-state index contributed by atoms with van der Waals surface area (Å²) < 4.78 is 10.4. The first-order valence-electron chi connectivity index (χ1n) is 10.3. The first kappa shape index (κ1) is 22.7. The Hall–Kier alpha value is -2.63. The van der Waals surface area contributed by atoms with Crippen molar-refractivity contribution in [3.05, 3.63) is 46.4 Å². The van der Waals surface area contributed by atoms with E-state index in [0.29, 0.717) is 23.8 Å². The van der Waals surface area contributed by atoms with Crippen molar-refractivity contribution in [2.45, 2.75) is 65.8 Å². The van der Waals surface area contributed by atoms with Crippen molar-refractivity contribution in [2.75, 3.05) is 19.5 Å². The minimum Gasteiger partial charge on any atom is -0.496 e. The van der Waals surface area contributed by atoms with Gasteiger partial charge in [0.05, 0.1) is 19.8 Å². The number of hydrogen-bond donors (Lipinski definition) is 1. The highest BCUT2D eigenvalue weighted by Gasteiger charge is 2.18. The monoisotopic (exact) mass is 399 g/mol. The zero-order chi connectivity index (χ0) is 21.4. The molecule has 0 unspecified atom stereocenters. The van der Waals surface area contributed by atoms with Crippen molar-refractivity contribution < 1.29 is 14.3 Å². The topological polar surface area (TPSA) is 73.3 Å². The van der Waals surface area contributed by atoms with Gasteiger partial charge in [0.15, 0.2) is 0 Å². The predicted molar refractivity (Wildman–Crippen MR) is 116 cm³/mol. The molecule has 1 N–H and O–H groups in total. The minimum absolute atomic E-state index is 0.381. The highest BCUT2D eigenvalue weighted by molar-refractivity contribution is 5.90. The van der Waals surface area contributed by atoms with E-state index in [1.54, 1.807) is 19.2 Å². The number of methoxy groups -OCH3 is 2. The molecule has 0 aliphatic carbocycles. The van der Waals surface area contributed by atoms with E-state index in [2.05, 4.69) is 24.1 Å². The van der Waals surface area contributed by atoms with Crippen molar-refractivity contribution >= 4 is 11.8 Å². The molecule has 158 valence electrons. The Kier molecular flexibility index (Phi) is 8.43. The summed E-state index contributed by atoms with van der Waals surface area (Å²) in [7, 11) is 2.98. The maximum atomic E-state index is 11.8. The molecule has 0 saturated carbocycles. The van der Waals surface area contributed by atoms with Crippen LogP contribution in [0.4, 0.5) is 5.82 Å². The number of carbonyl (C=O) groups excluding carboxylic acids is 1. The second-order valence-electron chi connectivity index (χ2n) is 7.30. The van der Waals surface area contributed by atoms with Crippen LogP contribution in [0.15, 0.2) is 18.2 Å². The number of aromatic nitrogens is 2. The molecule has 2 aromatic rings. The van der Waals surface area contributed by atoms with E-state index in [1.807, 2.05) is 19.9 Å². The quantitative estimate of drug-likeness (QED) is 0.575. The number of hydrogen-bond acceptors (Lipinski definition) is 6. The molecule has 0 spiro atoms. The van der Waals surface area contributed by atoms with Gasteiger partial charge in [-0.1, -0.05) is 32.8 Å². The first-order chi connectivity index (χ1) is 13.9. The van der Waals surface area contributed by atoms with Gasteiger partial charge in [0.25, 0.3) is 0 Å². The molecule has 0 radical (unpaired) electrons. The third-order valence-electron chi connectivity index (χ3n) is 5.02. The summed E-state index contributed by atoms with van der Waals surface area (Å²) in [6.45, 7) is 8.34. The van der Waals surface area contributed by atoms with Crippen LogP contribution in [-0.2, 0) is 11.2 Å². The Bertz CT molecular complexity index is 830. The van der Waals surface area contributed by atoms with Crippen LogP contribution in [-0.4, -0.2) is 36.2 Å². The number of aryl methyl sites for hydroxylation is 2. The molecule has 1 aromatic heterocycles. The summed E-state index contributed by atoms with van der Waals surface area (Å²) in [6, 6.07) is 5.78. The molecule has 1 aromatic carbocycles. The fourth-order valence-electron chi connectivity index (χ4n) is 3.57. The smallest absolute Gasteiger partial charge is 0.337 e. The van der Waals surface area contributed by atoms with Gasteiger partial charge in [-0.25, -0.2) is 14.8 Å². The maximum absolute atomic E-state index is 11.8. The zero-order valence-corrected chi connectivity index (χ0v) is 18.5. The molecule has 0 fully saturated rings. The van der Waals surface area contributed by atoms with E-state index in [-0.39, 0.29) is 5.97 Å². The summed E-state index contributed by atoms with van der Waals surface area (Å²) in [5.74, 6) is 1.92. The Morgan fingerprint density at radius 3 is 2.38 bits per heavy atom. The van der Waals surface area contributed by atoms with E-state index < -0.39 is 0 Å². The Balaban J connectivity index is 2.40. The van der Waals surface area contributed by atoms with Gasteiger partial charge in [0.1, 0.15) is 17.4 Å². The molecule has 2 rings (SSSR count). The van der Waals surface area contributed by atoms with Crippen molar-refractivity contribution in [1.29, 1.82) is 0 Å². The van der Waals surface area contributed by atoms with Crippen LogP contribution in [0.25, 0.3) is 0 Å². The van der Waals surface area contributed by atoms with Gasteiger partial charge in [-0.3, -0.25) is 0 Å². The lowest BCUT2D eigenvalue weighted by molar-refractivity contribution is 0.0600. The molecule has 0 amide bonds. The highest BCUT2D eigenvalue weighted by atomic mass is 16.5. The molecule has 1 heterocycles. The van der Waals surface area contributed by atoms with E-state index in [4.69, 9.17) is 14.5 Å². The van der Waals surface area contributed by atoms with Crippen LogP contribution in [0.1, 0.15) is 72.5 Å². The molecular formula is C23H33N3O3. The SMILES string of the molecule is CCCC(CCC)Nc1nc(C)nc(C)c1Cc1ccc(C(=O)OC)cc1OC. The number of rotatable bonds is 10. The van der Waals surface area contributed by atoms with Gasteiger partial charge >= 0.3 is 5.97 Å². The normalized spacial score (nSPS) is 10.9. The van der Waals surface area contributed by atoms with Crippen LogP contribution in [0.5, 0.6) is 5.75 Å². The second-order valence-corrected chi connectivity index (χ2v) is 7.30. The van der Waals surface area contributed by atoms with Crippen molar-refractivity contribution in [2.24, 2.45) is 0 Å². The Morgan fingerprint density at radius 2 is 1.79 bits per heavy atom. The number of esters is 1. The summed E-state index contributed by atoms with van der Waals surface area (Å²) >= 11 is 0. The van der Waals surface area contributed by atoms with Crippen LogP contribution in [0, 0.1) is 13.8 Å². The molecule has 0 saturated heterocycles. The third kappa shape index (κ3) is 5.92. The van der Waals surface area contributed by atoms with E-state index in [1.165, 1.54) is 7.11 Å². The van der Waals surface area contributed by atoms with Gasteiger partial charge in [-0.15, -0.1) is 0 Å². The Labute approximate surface area is 174 Å². The molecule has 29 heavy (non-hydrogen) atoms. The third-order valence-corrected chi connectivity index (χ3v) is 5.02. The average Bonchev–Trinajstić information content (AvgIpc) is 2.70. The molecule has 0 atom stereocenters.